The van der Waals surface area contributed by atoms with Crippen molar-refractivity contribution in [2.75, 3.05) is 9.80 Å². The van der Waals surface area contributed by atoms with Crippen LogP contribution in [0.1, 0.15) is 30.5 Å². The van der Waals surface area contributed by atoms with Crippen LogP contribution in [0.5, 0.6) is 0 Å². The summed E-state index contributed by atoms with van der Waals surface area (Å²) in [4.78, 5) is 4.69. The van der Waals surface area contributed by atoms with Crippen LogP contribution in [0, 0.1) is 0 Å². The molecule has 7 aromatic carbocycles. The molecule has 0 saturated heterocycles. The van der Waals surface area contributed by atoms with Crippen LogP contribution in [0.15, 0.2) is 176 Å². The molecule has 0 fully saturated rings. The second-order valence-corrected chi connectivity index (χ2v) is 12.7. The van der Waals surface area contributed by atoms with Gasteiger partial charge in [0.1, 0.15) is 0 Å². The van der Waals surface area contributed by atoms with Crippen LogP contribution in [0.25, 0.3) is 28.0 Å². The first-order chi connectivity index (χ1) is 23.1. The van der Waals surface area contributed by atoms with Gasteiger partial charge in [-0.05, 0) is 99.3 Å². The maximum absolute atomic E-state index is 2.42. The lowest BCUT2D eigenvalue weighted by Gasteiger charge is -2.42. The Morgan fingerprint density at radius 1 is 0.489 bits per heavy atom. The highest BCUT2D eigenvalue weighted by Gasteiger charge is 2.36. The second-order valence-electron chi connectivity index (χ2n) is 12.7. The zero-order valence-corrected chi connectivity index (χ0v) is 26.7. The number of rotatable bonds is 6. The molecule has 2 heteroatoms. The number of hydrogen-bond donors (Lipinski definition) is 0. The minimum atomic E-state index is -0.173. The van der Waals surface area contributed by atoms with Crippen molar-refractivity contribution in [1.82, 2.24) is 0 Å². The summed E-state index contributed by atoms with van der Waals surface area (Å²) in [6.07, 6.45) is 4.43. The van der Waals surface area contributed by atoms with Gasteiger partial charge < -0.3 is 9.80 Å². The van der Waals surface area contributed by atoms with Crippen molar-refractivity contribution in [3.05, 3.63) is 193 Å². The van der Waals surface area contributed by atoms with Gasteiger partial charge in [-0.3, -0.25) is 0 Å². The molecule has 0 unspecified atom stereocenters. The Hall–Kier alpha value is -5.86. The molecule has 0 saturated carbocycles. The Balaban J connectivity index is 1.20. The van der Waals surface area contributed by atoms with Crippen LogP contribution in [0.4, 0.5) is 28.4 Å². The van der Waals surface area contributed by atoms with Gasteiger partial charge in [0.2, 0.25) is 0 Å². The third-order valence-electron chi connectivity index (χ3n) is 9.45. The van der Waals surface area contributed by atoms with Crippen molar-refractivity contribution in [2.45, 2.75) is 19.3 Å². The molecule has 0 radical (unpaired) electrons. The van der Waals surface area contributed by atoms with E-state index in [1.165, 1.54) is 44.4 Å². The molecule has 0 spiro atoms. The van der Waals surface area contributed by atoms with Crippen molar-refractivity contribution in [2.24, 2.45) is 0 Å². The van der Waals surface area contributed by atoms with Gasteiger partial charge in [0, 0.05) is 28.7 Å². The summed E-state index contributed by atoms with van der Waals surface area (Å²) in [7, 11) is 0. The van der Waals surface area contributed by atoms with Crippen molar-refractivity contribution in [3.8, 4) is 11.1 Å². The molecule has 0 aromatic heterocycles. The highest BCUT2D eigenvalue weighted by molar-refractivity contribution is 5.89. The molecular formula is C45H36N2. The Labute approximate surface area is 277 Å². The molecular weight excluding hydrogens is 569 g/mol. The van der Waals surface area contributed by atoms with Gasteiger partial charge in [0.15, 0.2) is 0 Å². The Bertz CT molecular complexity index is 2210. The van der Waals surface area contributed by atoms with E-state index in [1.807, 2.05) is 0 Å². The second kappa shape index (κ2) is 11.8. The van der Waals surface area contributed by atoms with Crippen molar-refractivity contribution in [1.29, 1.82) is 0 Å². The monoisotopic (exact) mass is 604 g/mol. The zero-order chi connectivity index (χ0) is 31.8. The maximum atomic E-state index is 2.42. The predicted octanol–water partition coefficient (Wildman–Crippen LogP) is 12.4. The van der Waals surface area contributed by atoms with Gasteiger partial charge in [0.25, 0.3) is 0 Å². The predicted molar refractivity (Wildman–Crippen MR) is 200 cm³/mol. The average molecular weight is 605 g/mol. The Morgan fingerprint density at radius 2 is 1.13 bits per heavy atom. The SMILES string of the molecule is CC1(C)c2ccccc2N(c2ccc(-c3ccccc3)cc2)c2ccc(/C=C/N(c3ccccc3)c3ccc4ccccc4c3)cc21. The van der Waals surface area contributed by atoms with E-state index in [1.54, 1.807) is 0 Å². The van der Waals surface area contributed by atoms with Crippen molar-refractivity contribution < 1.29 is 0 Å². The third kappa shape index (κ3) is 5.28. The number of anilines is 5. The largest absolute Gasteiger partial charge is 0.317 e. The fraction of sp³-hybridized carbons (Fsp3) is 0.0667. The summed E-state index contributed by atoms with van der Waals surface area (Å²) in [6.45, 7) is 4.69. The number of fused-ring (bicyclic) bond motifs is 3. The standard InChI is InChI=1S/C45H36N2/c1-45(2)41-19-11-12-20-43(41)47(39-25-22-36(23-26-39)34-13-5-3-6-14-34)44-28-21-33(31-42(44)45)29-30-46(38-17-7-4-8-18-38)40-27-24-35-15-9-10-16-37(35)32-40/h3-32H,1-2H3/b30-29+. The molecule has 0 amide bonds. The molecule has 0 aliphatic carbocycles. The van der Waals surface area contributed by atoms with Crippen LogP contribution < -0.4 is 9.80 Å². The molecule has 8 rings (SSSR count). The summed E-state index contributed by atoms with van der Waals surface area (Å²) >= 11 is 0. The summed E-state index contributed by atoms with van der Waals surface area (Å²) in [6, 6.07) is 61.0. The van der Waals surface area contributed by atoms with Gasteiger partial charge >= 0.3 is 0 Å². The molecule has 7 aromatic rings. The normalized spacial score (nSPS) is 13.4. The highest BCUT2D eigenvalue weighted by Crippen LogP contribution is 2.52. The van der Waals surface area contributed by atoms with E-state index in [-0.39, 0.29) is 5.41 Å². The van der Waals surface area contributed by atoms with Gasteiger partial charge in [0.05, 0.1) is 11.4 Å². The van der Waals surface area contributed by atoms with Gasteiger partial charge in [-0.15, -0.1) is 0 Å². The van der Waals surface area contributed by atoms with E-state index in [9.17, 15) is 0 Å². The molecule has 0 atom stereocenters. The molecule has 1 aliphatic rings. The van der Waals surface area contributed by atoms with Crippen LogP contribution in [-0.4, -0.2) is 0 Å². The van der Waals surface area contributed by atoms with Crippen LogP contribution in [0.3, 0.4) is 0 Å². The Kier molecular flexibility index (Phi) is 7.19. The van der Waals surface area contributed by atoms with Crippen LogP contribution >= 0.6 is 0 Å². The first-order valence-corrected chi connectivity index (χ1v) is 16.3. The molecule has 47 heavy (non-hydrogen) atoms. The molecule has 1 heterocycles. The number of para-hydroxylation sites is 2. The minimum absolute atomic E-state index is 0.173. The van der Waals surface area contributed by atoms with E-state index >= 15 is 0 Å². The van der Waals surface area contributed by atoms with Gasteiger partial charge in [-0.1, -0.05) is 129 Å². The van der Waals surface area contributed by atoms with E-state index in [2.05, 4.69) is 206 Å². The average Bonchev–Trinajstić information content (AvgIpc) is 3.13. The van der Waals surface area contributed by atoms with E-state index in [0.29, 0.717) is 0 Å². The van der Waals surface area contributed by atoms with E-state index in [4.69, 9.17) is 0 Å². The Morgan fingerprint density at radius 3 is 1.91 bits per heavy atom. The smallest absolute Gasteiger partial charge is 0.0503 e. The van der Waals surface area contributed by atoms with Crippen molar-refractivity contribution in [3.63, 3.8) is 0 Å². The topological polar surface area (TPSA) is 6.48 Å². The van der Waals surface area contributed by atoms with Crippen molar-refractivity contribution >= 4 is 45.3 Å². The summed E-state index contributed by atoms with van der Waals surface area (Å²) < 4.78 is 0. The molecule has 0 N–H and O–H groups in total. The fourth-order valence-corrected chi connectivity index (χ4v) is 6.93. The molecule has 1 aliphatic heterocycles. The quantitative estimate of drug-likeness (QED) is 0.186. The lowest BCUT2D eigenvalue weighted by atomic mass is 9.73. The molecule has 2 nitrogen and oxygen atoms in total. The maximum Gasteiger partial charge on any atom is 0.0503 e. The first kappa shape index (κ1) is 28.6. The number of nitrogens with zero attached hydrogens (tertiary/aromatic N) is 2. The summed E-state index contributed by atoms with van der Waals surface area (Å²) in [5.74, 6) is 0. The minimum Gasteiger partial charge on any atom is -0.317 e. The summed E-state index contributed by atoms with van der Waals surface area (Å²) in [5.41, 5.74) is 11.9. The molecule has 0 bridgehead atoms. The number of benzene rings is 7. The van der Waals surface area contributed by atoms with E-state index < -0.39 is 0 Å². The zero-order valence-electron chi connectivity index (χ0n) is 26.7. The number of hydrogen-bond acceptors (Lipinski definition) is 2. The first-order valence-electron chi connectivity index (χ1n) is 16.3. The van der Waals surface area contributed by atoms with Crippen LogP contribution in [-0.2, 0) is 5.41 Å². The lowest BCUT2D eigenvalue weighted by molar-refractivity contribution is 0.631. The molecule has 226 valence electrons. The highest BCUT2D eigenvalue weighted by atomic mass is 15.2. The van der Waals surface area contributed by atoms with Gasteiger partial charge in [-0.25, -0.2) is 0 Å². The fourth-order valence-electron chi connectivity index (χ4n) is 6.93. The van der Waals surface area contributed by atoms with Gasteiger partial charge in [-0.2, -0.15) is 0 Å². The third-order valence-corrected chi connectivity index (χ3v) is 9.45. The van der Waals surface area contributed by atoms with Crippen LogP contribution in [0.2, 0.25) is 0 Å². The lowest BCUT2D eigenvalue weighted by Crippen LogP contribution is -2.30. The summed E-state index contributed by atoms with van der Waals surface area (Å²) in [5, 5.41) is 2.47. The van der Waals surface area contributed by atoms with E-state index in [0.717, 1.165) is 22.6 Å².